The maximum Gasteiger partial charge on any atom is 0.0113 e. The maximum atomic E-state index is 6.60. The average Bonchev–Trinajstić information content (AvgIpc) is 2.85. The van der Waals surface area contributed by atoms with E-state index in [-0.39, 0.29) is 0 Å². The van der Waals surface area contributed by atoms with Crippen molar-refractivity contribution >= 4 is 0 Å². The van der Waals surface area contributed by atoms with Crippen molar-refractivity contribution in [3.05, 3.63) is 34.9 Å². The Morgan fingerprint density at radius 1 is 1.15 bits per heavy atom. The minimum absolute atomic E-state index is 0.324. The van der Waals surface area contributed by atoms with E-state index in [9.17, 15) is 0 Å². The molecule has 1 aromatic rings. The van der Waals surface area contributed by atoms with E-state index < -0.39 is 0 Å². The fraction of sp³-hybridized carbons (Fsp3) is 0.684. The minimum Gasteiger partial charge on any atom is -0.327 e. The summed E-state index contributed by atoms with van der Waals surface area (Å²) >= 11 is 0. The average molecular weight is 271 g/mol. The van der Waals surface area contributed by atoms with Crippen molar-refractivity contribution in [1.29, 1.82) is 0 Å². The lowest BCUT2D eigenvalue weighted by Gasteiger charge is -2.42. The molecule has 0 radical (unpaired) electrons. The summed E-state index contributed by atoms with van der Waals surface area (Å²) in [7, 11) is 0. The van der Waals surface area contributed by atoms with Gasteiger partial charge in [0.1, 0.15) is 0 Å². The molecule has 110 valence electrons. The highest BCUT2D eigenvalue weighted by Gasteiger charge is 2.35. The molecule has 0 aromatic heterocycles. The van der Waals surface area contributed by atoms with Gasteiger partial charge >= 0.3 is 0 Å². The molecule has 2 aliphatic rings. The Kier molecular flexibility index (Phi) is 3.90. The predicted molar refractivity (Wildman–Crippen MR) is 85.9 cm³/mol. The van der Waals surface area contributed by atoms with Gasteiger partial charge in [-0.2, -0.15) is 0 Å². The maximum absolute atomic E-state index is 6.60. The zero-order valence-corrected chi connectivity index (χ0v) is 13.1. The van der Waals surface area contributed by atoms with Gasteiger partial charge in [0.05, 0.1) is 0 Å². The topological polar surface area (TPSA) is 26.0 Å². The van der Waals surface area contributed by atoms with E-state index >= 15 is 0 Å². The first-order valence-corrected chi connectivity index (χ1v) is 8.42. The predicted octanol–water partition coefficient (Wildman–Crippen LogP) is 4.26. The molecule has 1 fully saturated rings. The van der Waals surface area contributed by atoms with Gasteiger partial charge in [-0.05, 0) is 66.5 Å². The zero-order valence-electron chi connectivity index (χ0n) is 13.1. The lowest BCUT2D eigenvalue weighted by molar-refractivity contribution is 0.112. The fourth-order valence-electron chi connectivity index (χ4n) is 4.48. The molecule has 1 nitrogen and oxygen atoms in total. The summed E-state index contributed by atoms with van der Waals surface area (Å²) in [6.07, 6.45) is 10.3. The van der Waals surface area contributed by atoms with Crippen LogP contribution in [-0.4, -0.2) is 6.04 Å². The van der Waals surface area contributed by atoms with Crippen LogP contribution >= 0.6 is 0 Å². The van der Waals surface area contributed by atoms with Crippen LogP contribution in [0.5, 0.6) is 0 Å². The molecule has 1 aromatic carbocycles. The molecule has 2 aliphatic carbocycles. The highest BCUT2D eigenvalue weighted by atomic mass is 14.7. The van der Waals surface area contributed by atoms with Gasteiger partial charge in [0.25, 0.3) is 0 Å². The van der Waals surface area contributed by atoms with E-state index in [4.69, 9.17) is 5.73 Å². The van der Waals surface area contributed by atoms with Gasteiger partial charge in [0, 0.05) is 6.04 Å². The fourth-order valence-corrected chi connectivity index (χ4v) is 4.48. The highest BCUT2D eigenvalue weighted by molar-refractivity contribution is 5.35. The first-order valence-electron chi connectivity index (χ1n) is 8.42. The monoisotopic (exact) mass is 271 g/mol. The Balaban J connectivity index is 1.70. The van der Waals surface area contributed by atoms with Crippen LogP contribution in [0.3, 0.4) is 0 Å². The molecule has 2 unspecified atom stereocenters. The number of hydrogen-bond acceptors (Lipinski definition) is 1. The smallest absolute Gasteiger partial charge is 0.0113 e. The first-order chi connectivity index (χ1) is 9.56. The number of fused-ring (bicyclic) bond motifs is 1. The molecular formula is C19H29N. The van der Waals surface area contributed by atoms with Gasteiger partial charge in [-0.25, -0.2) is 0 Å². The molecule has 3 rings (SSSR count). The highest BCUT2D eigenvalue weighted by Crippen LogP contribution is 2.42. The van der Waals surface area contributed by atoms with Crippen molar-refractivity contribution in [2.45, 2.75) is 71.3 Å². The van der Waals surface area contributed by atoms with Crippen LogP contribution < -0.4 is 5.73 Å². The standard InChI is InChI=1S/C19H29N/c1-19(2)11-4-3-8-17(19)18(20)13-14-9-10-15-6-5-7-16(15)12-14/h9-10,12,17-18H,3-8,11,13,20H2,1-2H3. The van der Waals surface area contributed by atoms with Crippen LogP contribution in [0.1, 0.15) is 62.6 Å². The van der Waals surface area contributed by atoms with Gasteiger partial charge in [0.2, 0.25) is 0 Å². The van der Waals surface area contributed by atoms with Crippen molar-refractivity contribution < 1.29 is 0 Å². The summed E-state index contributed by atoms with van der Waals surface area (Å²) in [6, 6.07) is 7.42. The molecule has 1 saturated carbocycles. The van der Waals surface area contributed by atoms with Gasteiger partial charge in [0.15, 0.2) is 0 Å². The van der Waals surface area contributed by atoms with Gasteiger partial charge < -0.3 is 5.73 Å². The third kappa shape index (κ3) is 2.79. The lowest BCUT2D eigenvalue weighted by atomic mass is 9.65. The van der Waals surface area contributed by atoms with Crippen LogP contribution in [0.2, 0.25) is 0 Å². The van der Waals surface area contributed by atoms with Crippen LogP contribution in [0.25, 0.3) is 0 Å². The Morgan fingerprint density at radius 2 is 1.95 bits per heavy atom. The van der Waals surface area contributed by atoms with E-state index in [0.717, 1.165) is 6.42 Å². The van der Waals surface area contributed by atoms with Crippen LogP contribution in [-0.2, 0) is 19.3 Å². The molecule has 1 heteroatoms. The van der Waals surface area contributed by atoms with E-state index in [0.29, 0.717) is 17.4 Å². The molecule has 0 heterocycles. The number of benzene rings is 1. The van der Waals surface area contributed by atoms with Crippen molar-refractivity contribution in [1.82, 2.24) is 0 Å². The normalized spacial score (nSPS) is 26.2. The lowest BCUT2D eigenvalue weighted by Crippen LogP contribution is -2.43. The summed E-state index contributed by atoms with van der Waals surface area (Å²) in [6.45, 7) is 4.83. The molecule has 20 heavy (non-hydrogen) atoms. The van der Waals surface area contributed by atoms with Crippen molar-refractivity contribution in [3.8, 4) is 0 Å². The van der Waals surface area contributed by atoms with Gasteiger partial charge in [-0.1, -0.05) is 44.9 Å². The van der Waals surface area contributed by atoms with Gasteiger partial charge in [-0.15, -0.1) is 0 Å². The SMILES string of the molecule is CC1(C)CCCCC1C(N)Cc1ccc2c(c1)CCC2. The van der Waals surface area contributed by atoms with E-state index in [2.05, 4.69) is 32.0 Å². The summed E-state index contributed by atoms with van der Waals surface area (Å²) in [5.41, 5.74) is 11.6. The zero-order chi connectivity index (χ0) is 14.2. The van der Waals surface area contributed by atoms with Crippen molar-refractivity contribution in [3.63, 3.8) is 0 Å². The Hall–Kier alpha value is -0.820. The molecule has 0 spiro atoms. The number of nitrogens with two attached hydrogens (primary N) is 1. The first kappa shape index (κ1) is 14.1. The second-order valence-corrected chi connectivity index (χ2v) is 7.67. The molecule has 0 aliphatic heterocycles. The Morgan fingerprint density at radius 3 is 2.75 bits per heavy atom. The van der Waals surface area contributed by atoms with E-state index in [1.54, 1.807) is 11.1 Å². The number of hydrogen-bond donors (Lipinski definition) is 1. The quantitative estimate of drug-likeness (QED) is 0.873. The Labute approximate surface area is 124 Å². The van der Waals surface area contributed by atoms with Gasteiger partial charge in [-0.3, -0.25) is 0 Å². The summed E-state index contributed by atoms with van der Waals surface area (Å²) in [4.78, 5) is 0. The molecule has 2 N–H and O–H groups in total. The minimum atomic E-state index is 0.324. The second-order valence-electron chi connectivity index (χ2n) is 7.67. The van der Waals surface area contributed by atoms with Crippen LogP contribution in [0.4, 0.5) is 0 Å². The van der Waals surface area contributed by atoms with E-state index in [1.165, 1.54) is 50.5 Å². The van der Waals surface area contributed by atoms with Crippen molar-refractivity contribution in [2.75, 3.05) is 0 Å². The van der Waals surface area contributed by atoms with Crippen LogP contribution in [0, 0.1) is 11.3 Å². The number of rotatable bonds is 3. The molecule has 2 atom stereocenters. The molecule has 0 saturated heterocycles. The third-order valence-corrected chi connectivity index (χ3v) is 5.74. The summed E-state index contributed by atoms with van der Waals surface area (Å²) in [5.74, 6) is 0.685. The third-order valence-electron chi connectivity index (χ3n) is 5.74. The molecule has 0 amide bonds. The molecular weight excluding hydrogens is 242 g/mol. The van der Waals surface area contributed by atoms with E-state index in [1.807, 2.05) is 0 Å². The second kappa shape index (κ2) is 5.52. The number of aryl methyl sites for hydroxylation is 2. The largest absolute Gasteiger partial charge is 0.327 e. The summed E-state index contributed by atoms with van der Waals surface area (Å²) < 4.78 is 0. The molecule has 0 bridgehead atoms. The van der Waals surface area contributed by atoms with Crippen LogP contribution in [0.15, 0.2) is 18.2 Å². The Bertz CT molecular complexity index is 475. The summed E-state index contributed by atoms with van der Waals surface area (Å²) in [5, 5.41) is 0. The van der Waals surface area contributed by atoms with Crippen molar-refractivity contribution in [2.24, 2.45) is 17.1 Å².